The first kappa shape index (κ1) is 13.3. The highest BCUT2D eigenvalue weighted by atomic mass is 32.2. The summed E-state index contributed by atoms with van der Waals surface area (Å²) in [5.41, 5.74) is 4.30. The van der Waals surface area contributed by atoms with Crippen molar-refractivity contribution in [3.05, 3.63) is 42.5 Å². The predicted octanol–water partition coefficient (Wildman–Crippen LogP) is 3.05. The summed E-state index contributed by atoms with van der Waals surface area (Å²) >= 11 is 1.76. The van der Waals surface area contributed by atoms with Gasteiger partial charge in [0.2, 0.25) is 0 Å². The van der Waals surface area contributed by atoms with Gasteiger partial charge in [0, 0.05) is 10.9 Å². The second-order valence-corrected chi connectivity index (χ2v) is 4.55. The van der Waals surface area contributed by atoms with Gasteiger partial charge in [-0.2, -0.15) is 5.48 Å². The van der Waals surface area contributed by atoms with Crippen LogP contribution in [0, 0.1) is 0 Å². The SMILES string of the molecule is C=CCONC(C)Cc1ccc(SC)cc1. The molecule has 1 rings (SSSR count). The Morgan fingerprint density at radius 2 is 2.12 bits per heavy atom. The van der Waals surface area contributed by atoms with Crippen molar-refractivity contribution in [2.45, 2.75) is 24.3 Å². The van der Waals surface area contributed by atoms with Gasteiger partial charge in [0.05, 0.1) is 6.61 Å². The first-order valence-electron chi connectivity index (χ1n) is 5.37. The average molecular weight is 237 g/mol. The lowest BCUT2D eigenvalue weighted by Gasteiger charge is -2.13. The van der Waals surface area contributed by atoms with E-state index >= 15 is 0 Å². The van der Waals surface area contributed by atoms with Crippen LogP contribution in [0.25, 0.3) is 0 Å². The van der Waals surface area contributed by atoms with Crippen LogP contribution >= 0.6 is 11.8 Å². The van der Waals surface area contributed by atoms with E-state index in [9.17, 15) is 0 Å². The zero-order chi connectivity index (χ0) is 11.8. The Morgan fingerprint density at radius 3 is 2.69 bits per heavy atom. The van der Waals surface area contributed by atoms with E-state index in [2.05, 4.69) is 49.5 Å². The Hall–Kier alpha value is -0.770. The lowest BCUT2D eigenvalue weighted by atomic mass is 10.1. The molecule has 88 valence electrons. The molecule has 1 N–H and O–H groups in total. The fraction of sp³-hybridized carbons (Fsp3) is 0.385. The van der Waals surface area contributed by atoms with Crippen molar-refractivity contribution < 1.29 is 4.84 Å². The molecule has 2 nitrogen and oxygen atoms in total. The third kappa shape index (κ3) is 4.84. The molecule has 16 heavy (non-hydrogen) atoms. The van der Waals surface area contributed by atoms with E-state index in [1.165, 1.54) is 10.5 Å². The van der Waals surface area contributed by atoms with Crippen molar-refractivity contribution in [2.24, 2.45) is 0 Å². The van der Waals surface area contributed by atoms with E-state index in [-0.39, 0.29) is 0 Å². The van der Waals surface area contributed by atoms with E-state index in [0.29, 0.717) is 12.6 Å². The van der Waals surface area contributed by atoms with E-state index in [4.69, 9.17) is 4.84 Å². The summed E-state index contributed by atoms with van der Waals surface area (Å²) in [5.74, 6) is 0. The quantitative estimate of drug-likeness (QED) is 0.341. The minimum Gasteiger partial charge on any atom is -0.297 e. The minimum absolute atomic E-state index is 0.306. The van der Waals surface area contributed by atoms with Gasteiger partial charge in [-0.15, -0.1) is 18.3 Å². The maximum absolute atomic E-state index is 5.19. The summed E-state index contributed by atoms with van der Waals surface area (Å²) in [6.07, 6.45) is 4.78. The van der Waals surface area contributed by atoms with Crippen LogP contribution in [0.15, 0.2) is 41.8 Å². The summed E-state index contributed by atoms with van der Waals surface area (Å²) in [6.45, 7) is 6.23. The molecule has 0 aromatic heterocycles. The van der Waals surface area contributed by atoms with Gasteiger partial charge < -0.3 is 0 Å². The van der Waals surface area contributed by atoms with E-state index in [1.54, 1.807) is 17.8 Å². The molecule has 1 unspecified atom stereocenters. The number of benzene rings is 1. The van der Waals surface area contributed by atoms with Gasteiger partial charge in [0.25, 0.3) is 0 Å². The first-order valence-corrected chi connectivity index (χ1v) is 6.60. The molecule has 0 heterocycles. The van der Waals surface area contributed by atoms with Crippen molar-refractivity contribution >= 4 is 11.8 Å². The highest BCUT2D eigenvalue weighted by Crippen LogP contribution is 2.15. The molecule has 0 amide bonds. The Bertz CT molecular complexity index is 310. The predicted molar refractivity (Wildman–Crippen MR) is 70.7 cm³/mol. The molecule has 0 radical (unpaired) electrons. The second kappa shape index (κ2) is 7.49. The average Bonchev–Trinajstić information content (AvgIpc) is 2.30. The summed E-state index contributed by atoms with van der Waals surface area (Å²) in [4.78, 5) is 6.49. The minimum atomic E-state index is 0.306. The van der Waals surface area contributed by atoms with Gasteiger partial charge in [-0.25, -0.2) is 0 Å². The van der Waals surface area contributed by atoms with Crippen LogP contribution in [0.3, 0.4) is 0 Å². The maximum Gasteiger partial charge on any atom is 0.0861 e. The van der Waals surface area contributed by atoms with Crippen molar-refractivity contribution in [2.75, 3.05) is 12.9 Å². The molecule has 0 fully saturated rings. The van der Waals surface area contributed by atoms with Gasteiger partial charge in [0.1, 0.15) is 0 Å². The van der Waals surface area contributed by atoms with Crippen LogP contribution in [0.2, 0.25) is 0 Å². The van der Waals surface area contributed by atoms with Gasteiger partial charge in [-0.05, 0) is 37.3 Å². The van der Waals surface area contributed by atoms with Crippen molar-refractivity contribution in [1.82, 2.24) is 5.48 Å². The third-order valence-corrected chi connectivity index (χ3v) is 2.93. The van der Waals surface area contributed by atoms with E-state index in [1.807, 2.05) is 0 Å². The van der Waals surface area contributed by atoms with Gasteiger partial charge >= 0.3 is 0 Å². The number of rotatable bonds is 7. The summed E-state index contributed by atoms with van der Waals surface area (Å²) < 4.78 is 0. The molecule has 1 atom stereocenters. The molecule has 0 bridgehead atoms. The summed E-state index contributed by atoms with van der Waals surface area (Å²) in [7, 11) is 0. The zero-order valence-corrected chi connectivity index (χ0v) is 10.7. The van der Waals surface area contributed by atoms with Crippen LogP contribution in [-0.2, 0) is 11.3 Å². The van der Waals surface area contributed by atoms with Gasteiger partial charge in [0.15, 0.2) is 0 Å². The molecule has 1 aromatic carbocycles. The van der Waals surface area contributed by atoms with Gasteiger partial charge in [-0.1, -0.05) is 18.2 Å². The molecule has 1 aromatic rings. The lowest BCUT2D eigenvalue weighted by molar-refractivity contribution is 0.0396. The standard InChI is InChI=1S/C13H19NOS/c1-4-9-15-14-11(2)10-12-5-7-13(16-3)8-6-12/h4-8,11,14H,1,9-10H2,2-3H3. The highest BCUT2D eigenvalue weighted by Gasteiger charge is 2.02. The number of hydrogen-bond acceptors (Lipinski definition) is 3. The molecule has 0 saturated heterocycles. The highest BCUT2D eigenvalue weighted by molar-refractivity contribution is 7.98. The van der Waals surface area contributed by atoms with Crippen molar-refractivity contribution in [3.8, 4) is 0 Å². The largest absolute Gasteiger partial charge is 0.297 e. The summed E-state index contributed by atoms with van der Waals surface area (Å²) in [6, 6.07) is 8.93. The topological polar surface area (TPSA) is 21.3 Å². The lowest BCUT2D eigenvalue weighted by Crippen LogP contribution is -2.28. The molecule has 0 saturated carbocycles. The Morgan fingerprint density at radius 1 is 1.44 bits per heavy atom. The molecule has 0 aliphatic carbocycles. The smallest absolute Gasteiger partial charge is 0.0861 e. The normalized spacial score (nSPS) is 12.4. The molecule has 0 aliphatic heterocycles. The second-order valence-electron chi connectivity index (χ2n) is 3.67. The van der Waals surface area contributed by atoms with Crippen LogP contribution in [0.1, 0.15) is 12.5 Å². The number of hydrogen-bond donors (Lipinski definition) is 1. The number of hydroxylamine groups is 1. The summed E-state index contributed by atoms with van der Waals surface area (Å²) in [5, 5.41) is 0. The molecular weight excluding hydrogens is 218 g/mol. The molecule has 0 spiro atoms. The molecule has 3 heteroatoms. The van der Waals surface area contributed by atoms with Crippen molar-refractivity contribution in [1.29, 1.82) is 0 Å². The van der Waals surface area contributed by atoms with Crippen LogP contribution in [0.5, 0.6) is 0 Å². The first-order chi connectivity index (χ1) is 7.76. The number of thioether (sulfide) groups is 1. The third-order valence-electron chi connectivity index (χ3n) is 2.19. The van der Waals surface area contributed by atoms with E-state index in [0.717, 1.165) is 6.42 Å². The zero-order valence-electron chi connectivity index (χ0n) is 9.90. The Balaban J connectivity index is 2.37. The van der Waals surface area contributed by atoms with Crippen LogP contribution in [0.4, 0.5) is 0 Å². The van der Waals surface area contributed by atoms with Crippen molar-refractivity contribution in [3.63, 3.8) is 0 Å². The van der Waals surface area contributed by atoms with Crippen LogP contribution in [-0.4, -0.2) is 18.9 Å². The van der Waals surface area contributed by atoms with Gasteiger partial charge in [-0.3, -0.25) is 4.84 Å². The monoisotopic (exact) mass is 237 g/mol. The van der Waals surface area contributed by atoms with E-state index < -0.39 is 0 Å². The Labute approximate surface area is 102 Å². The number of nitrogens with one attached hydrogen (secondary N) is 1. The maximum atomic E-state index is 5.19. The van der Waals surface area contributed by atoms with Crippen LogP contribution < -0.4 is 5.48 Å². The molecule has 0 aliphatic rings. The fourth-order valence-electron chi connectivity index (χ4n) is 1.41. The molecular formula is C13H19NOS. The fourth-order valence-corrected chi connectivity index (χ4v) is 1.81. The Kier molecular flexibility index (Phi) is 6.23.